The van der Waals surface area contributed by atoms with Crippen LogP contribution in [0.1, 0.15) is 25.2 Å². The highest BCUT2D eigenvalue weighted by molar-refractivity contribution is 5.68. The largest absolute Gasteiger partial charge is 0.436 e. The van der Waals surface area contributed by atoms with Crippen LogP contribution < -0.4 is 0 Å². The summed E-state index contributed by atoms with van der Waals surface area (Å²) in [5.41, 5.74) is 2.18. The lowest BCUT2D eigenvalue weighted by Gasteiger charge is -2.02. The summed E-state index contributed by atoms with van der Waals surface area (Å²) in [7, 11) is 0. The number of rotatable bonds is 1. The standard InChI is InChI=1S/C11H11NO2/c1-7-3-4-10-9(5-8(7)2)6-11(12-13)14-10/h3-7H,1-2H3. The maximum absolute atomic E-state index is 10.3. The van der Waals surface area contributed by atoms with Crippen molar-refractivity contribution >= 4 is 18.0 Å². The molecule has 1 heterocycles. The van der Waals surface area contributed by atoms with Crippen LogP contribution in [-0.2, 0) is 0 Å². The highest BCUT2D eigenvalue weighted by Crippen LogP contribution is 2.30. The smallest absolute Gasteiger partial charge is 0.261 e. The first kappa shape index (κ1) is 8.94. The van der Waals surface area contributed by atoms with Crippen molar-refractivity contribution in [2.24, 2.45) is 11.1 Å². The summed E-state index contributed by atoms with van der Waals surface area (Å²) in [6, 6.07) is 1.66. The van der Waals surface area contributed by atoms with E-state index in [-0.39, 0.29) is 5.88 Å². The van der Waals surface area contributed by atoms with E-state index in [1.807, 2.05) is 12.2 Å². The van der Waals surface area contributed by atoms with Gasteiger partial charge in [-0.3, -0.25) is 0 Å². The molecule has 3 nitrogen and oxygen atoms in total. The number of allylic oxidation sites excluding steroid dienone is 2. The second kappa shape index (κ2) is 3.25. The Balaban J connectivity index is 2.53. The third-order valence-corrected chi connectivity index (χ3v) is 2.51. The van der Waals surface area contributed by atoms with Crippen LogP contribution in [0.3, 0.4) is 0 Å². The van der Waals surface area contributed by atoms with E-state index in [0.29, 0.717) is 11.7 Å². The molecule has 14 heavy (non-hydrogen) atoms. The van der Waals surface area contributed by atoms with Crippen molar-refractivity contribution in [2.75, 3.05) is 0 Å². The molecule has 0 N–H and O–H groups in total. The number of furan rings is 1. The zero-order valence-electron chi connectivity index (χ0n) is 8.15. The zero-order valence-corrected chi connectivity index (χ0v) is 8.15. The molecule has 1 aliphatic rings. The molecule has 72 valence electrons. The quantitative estimate of drug-likeness (QED) is 0.631. The average Bonchev–Trinajstić information content (AvgIpc) is 2.51. The molecule has 1 atom stereocenters. The van der Waals surface area contributed by atoms with Crippen LogP contribution in [-0.4, -0.2) is 0 Å². The normalized spacial score (nSPS) is 19.9. The van der Waals surface area contributed by atoms with E-state index in [1.54, 1.807) is 6.07 Å². The van der Waals surface area contributed by atoms with Crippen molar-refractivity contribution in [3.8, 4) is 0 Å². The minimum Gasteiger partial charge on any atom is -0.436 e. The fourth-order valence-electron chi connectivity index (χ4n) is 1.45. The number of hydrogen-bond acceptors (Lipinski definition) is 3. The van der Waals surface area contributed by atoms with Crippen LogP contribution in [0, 0.1) is 10.8 Å². The summed E-state index contributed by atoms with van der Waals surface area (Å²) in [5, 5.41) is 2.77. The van der Waals surface area contributed by atoms with Crippen LogP contribution >= 0.6 is 0 Å². The van der Waals surface area contributed by atoms with Crippen molar-refractivity contribution in [1.29, 1.82) is 0 Å². The van der Waals surface area contributed by atoms with Gasteiger partial charge in [-0.2, -0.15) is 0 Å². The summed E-state index contributed by atoms with van der Waals surface area (Å²) in [6.45, 7) is 4.18. The van der Waals surface area contributed by atoms with Crippen molar-refractivity contribution in [3.63, 3.8) is 0 Å². The van der Waals surface area contributed by atoms with Gasteiger partial charge < -0.3 is 4.42 Å². The van der Waals surface area contributed by atoms with Gasteiger partial charge in [0, 0.05) is 16.8 Å². The van der Waals surface area contributed by atoms with Gasteiger partial charge in [0.05, 0.1) is 0 Å². The Labute approximate surface area is 82.1 Å². The molecular formula is C11H11NO2. The molecule has 0 aliphatic heterocycles. The maximum atomic E-state index is 10.3. The summed E-state index contributed by atoms with van der Waals surface area (Å²) in [6.07, 6.45) is 5.97. The van der Waals surface area contributed by atoms with E-state index in [4.69, 9.17) is 4.42 Å². The van der Waals surface area contributed by atoms with E-state index in [2.05, 4.69) is 25.1 Å². The minimum absolute atomic E-state index is 0.137. The topological polar surface area (TPSA) is 42.6 Å². The van der Waals surface area contributed by atoms with Crippen molar-refractivity contribution in [3.05, 3.63) is 33.9 Å². The van der Waals surface area contributed by atoms with Gasteiger partial charge in [-0.15, -0.1) is 4.91 Å². The molecule has 0 amide bonds. The van der Waals surface area contributed by atoms with Gasteiger partial charge in [-0.25, -0.2) is 0 Å². The molecule has 1 unspecified atom stereocenters. The molecule has 1 aromatic rings. The summed E-state index contributed by atoms with van der Waals surface area (Å²) in [4.78, 5) is 10.3. The van der Waals surface area contributed by atoms with E-state index < -0.39 is 0 Å². The summed E-state index contributed by atoms with van der Waals surface area (Å²) < 4.78 is 5.22. The Bertz CT molecular complexity index is 426. The fraction of sp³-hybridized carbons (Fsp3) is 0.273. The Hall–Kier alpha value is -1.64. The van der Waals surface area contributed by atoms with E-state index >= 15 is 0 Å². The van der Waals surface area contributed by atoms with Gasteiger partial charge in [0.25, 0.3) is 5.88 Å². The third-order valence-electron chi connectivity index (χ3n) is 2.51. The predicted molar refractivity (Wildman–Crippen MR) is 56.0 cm³/mol. The molecule has 0 fully saturated rings. The molecule has 0 bridgehead atoms. The minimum atomic E-state index is 0.137. The van der Waals surface area contributed by atoms with Gasteiger partial charge in [-0.05, 0) is 18.9 Å². The molecule has 0 saturated carbocycles. The van der Waals surface area contributed by atoms with Crippen molar-refractivity contribution in [2.45, 2.75) is 13.8 Å². The molecule has 1 aromatic heterocycles. The fourth-order valence-corrected chi connectivity index (χ4v) is 1.45. The second-order valence-electron chi connectivity index (χ2n) is 3.53. The van der Waals surface area contributed by atoms with Crippen LogP contribution in [0.5, 0.6) is 0 Å². The average molecular weight is 189 g/mol. The third kappa shape index (κ3) is 1.41. The number of hydrogen-bond donors (Lipinski definition) is 0. The lowest BCUT2D eigenvalue weighted by Crippen LogP contribution is -1.88. The number of nitroso groups, excluding NO2 is 1. The van der Waals surface area contributed by atoms with Crippen LogP contribution in [0.15, 0.2) is 27.3 Å². The van der Waals surface area contributed by atoms with Gasteiger partial charge in [0.15, 0.2) is 0 Å². The van der Waals surface area contributed by atoms with Crippen LogP contribution in [0.2, 0.25) is 0 Å². The Kier molecular flexibility index (Phi) is 2.08. The second-order valence-corrected chi connectivity index (χ2v) is 3.53. The first-order chi connectivity index (χ1) is 6.70. The Morgan fingerprint density at radius 1 is 1.50 bits per heavy atom. The highest BCUT2D eigenvalue weighted by atomic mass is 16.4. The predicted octanol–water partition coefficient (Wildman–Crippen LogP) is 3.74. The van der Waals surface area contributed by atoms with Gasteiger partial charge in [0.2, 0.25) is 0 Å². The summed E-state index contributed by atoms with van der Waals surface area (Å²) >= 11 is 0. The molecule has 1 aliphatic carbocycles. The Morgan fingerprint density at radius 3 is 3.00 bits per heavy atom. The lowest BCUT2D eigenvalue weighted by atomic mass is 10.0. The van der Waals surface area contributed by atoms with E-state index in [0.717, 1.165) is 5.56 Å². The summed E-state index contributed by atoms with van der Waals surface area (Å²) in [5.74, 6) is 1.26. The van der Waals surface area contributed by atoms with Crippen LogP contribution in [0.4, 0.5) is 5.88 Å². The number of nitrogens with zero attached hydrogens (tertiary/aromatic N) is 1. The molecular weight excluding hydrogens is 178 g/mol. The monoisotopic (exact) mass is 189 g/mol. The number of fused-ring (bicyclic) bond motifs is 1. The van der Waals surface area contributed by atoms with Gasteiger partial charge >= 0.3 is 0 Å². The molecule has 0 spiro atoms. The van der Waals surface area contributed by atoms with Crippen molar-refractivity contribution < 1.29 is 4.42 Å². The van der Waals surface area contributed by atoms with Crippen LogP contribution in [0.25, 0.3) is 12.2 Å². The molecule has 3 heteroatoms. The zero-order chi connectivity index (χ0) is 10.1. The van der Waals surface area contributed by atoms with Crippen molar-refractivity contribution in [1.82, 2.24) is 0 Å². The van der Waals surface area contributed by atoms with E-state index in [1.165, 1.54) is 5.57 Å². The molecule has 2 rings (SSSR count). The SMILES string of the molecule is CC1=Cc2cc(N=O)oc2C=CC1C. The van der Waals surface area contributed by atoms with Gasteiger partial charge in [-0.1, -0.05) is 24.6 Å². The maximum Gasteiger partial charge on any atom is 0.261 e. The molecule has 0 aromatic carbocycles. The lowest BCUT2D eigenvalue weighted by molar-refractivity contribution is 0.566. The molecule has 0 saturated heterocycles. The van der Waals surface area contributed by atoms with Gasteiger partial charge in [0.1, 0.15) is 5.76 Å². The first-order valence-electron chi connectivity index (χ1n) is 4.54. The first-order valence-corrected chi connectivity index (χ1v) is 4.54. The van der Waals surface area contributed by atoms with E-state index in [9.17, 15) is 4.91 Å². The Morgan fingerprint density at radius 2 is 2.29 bits per heavy atom. The highest BCUT2D eigenvalue weighted by Gasteiger charge is 2.12. The molecule has 0 radical (unpaired) electrons.